The molecule has 0 aromatic heterocycles. The molecule has 1 aliphatic carbocycles. The molecule has 0 radical (unpaired) electrons. The zero-order chi connectivity index (χ0) is 25.2. The van der Waals surface area contributed by atoms with Gasteiger partial charge in [0.15, 0.2) is 0 Å². The molecule has 6 nitrogen and oxygen atoms in total. The highest BCUT2D eigenvalue weighted by molar-refractivity contribution is 5.71. The molecule has 3 N–H and O–H groups in total. The van der Waals surface area contributed by atoms with Crippen LogP contribution in [0.2, 0.25) is 0 Å². The van der Waals surface area contributed by atoms with Gasteiger partial charge in [0.1, 0.15) is 5.75 Å². The molecule has 0 aliphatic heterocycles. The van der Waals surface area contributed by atoms with Gasteiger partial charge in [-0.2, -0.15) is 0 Å². The number of unbranched alkanes of at least 4 members (excludes halogenated alkanes) is 4. The Morgan fingerprint density at radius 2 is 1.71 bits per heavy atom. The second-order valence-corrected chi connectivity index (χ2v) is 11.3. The largest absolute Gasteiger partial charge is 0.465 e. The number of ether oxygens (including phenoxy) is 1. The maximum atomic E-state index is 12.8. The van der Waals surface area contributed by atoms with Crippen LogP contribution in [0.3, 0.4) is 0 Å². The Kier molecular flexibility index (Phi) is 10.7. The minimum Gasteiger partial charge on any atom is -0.465 e. The summed E-state index contributed by atoms with van der Waals surface area (Å²) in [4.78, 5) is 24.0. The van der Waals surface area contributed by atoms with Crippen LogP contribution in [-0.4, -0.2) is 29.9 Å². The van der Waals surface area contributed by atoms with Crippen molar-refractivity contribution in [3.05, 3.63) is 29.3 Å². The van der Waals surface area contributed by atoms with Crippen molar-refractivity contribution >= 4 is 12.2 Å². The van der Waals surface area contributed by atoms with Gasteiger partial charge in [-0.1, -0.05) is 72.4 Å². The molecule has 1 fully saturated rings. The lowest BCUT2D eigenvalue weighted by Gasteiger charge is -2.46. The number of carbonyl (C=O) groups excluding carboxylic acids is 1. The Balaban J connectivity index is 2.06. The van der Waals surface area contributed by atoms with Crippen LogP contribution in [0.4, 0.5) is 9.59 Å². The van der Waals surface area contributed by atoms with E-state index in [1.54, 1.807) is 0 Å². The lowest BCUT2D eigenvalue weighted by atomic mass is 9.62. The quantitative estimate of drug-likeness (QED) is 0.282. The summed E-state index contributed by atoms with van der Waals surface area (Å²) in [6, 6.07) is 5.94. The third-order valence-corrected chi connectivity index (χ3v) is 6.94. The first-order chi connectivity index (χ1) is 16.1. The number of amides is 2. The van der Waals surface area contributed by atoms with Gasteiger partial charge >= 0.3 is 12.2 Å². The molecule has 192 valence electrons. The number of carboxylic acid groups (broad SMARTS) is 1. The zero-order valence-electron chi connectivity index (χ0n) is 22.0. The van der Waals surface area contributed by atoms with Crippen LogP contribution < -0.4 is 15.4 Å². The van der Waals surface area contributed by atoms with Crippen LogP contribution in [0, 0.1) is 10.8 Å². The van der Waals surface area contributed by atoms with Crippen molar-refractivity contribution in [3.8, 4) is 5.75 Å². The molecule has 0 spiro atoms. The van der Waals surface area contributed by atoms with Gasteiger partial charge in [0, 0.05) is 12.6 Å². The standard InChI is InChI=1S/C28H46N2O4/c1-6-8-10-13-21-14-12-16-24(23(21)15-11-9-7-2)34-26(33)29-20-28(5)18-22(30-25(31)32)17-27(3,4)19-28/h12,14,16,22,30H,6-11,13,15,17-20H2,1-5H3,(H,29,33)(H,31,32). The van der Waals surface area contributed by atoms with Gasteiger partial charge in [0.2, 0.25) is 0 Å². The Morgan fingerprint density at radius 1 is 1.03 bits per heavy atom. The van der Waals surface area contributed by atoms with E-state index in [9.17, 15) is 14.7 Å². The molecule has 1 saturated carbocycles. The van der Waals surface area contributed by atoms with Crippen LogP contribution in [0.25, 0.3) is 0 Å². The van der Waals surface area contributed by atoms with Crippen molar-refractivity contribution in [2.24, 2.45) is 10.8 Å². The van der Waals surface area contributed by atoms with E-state index >= 15 is 0 Å². The average Bonchev–Trinajstić information content (AvgIpc) is 2.72. The molecule has 6 heteroatoms. The molecule has 0 bridgehead atoms. The number of hydrogen-bond donors (Lipinski definition) is 3. The van der Waals surface area contributed by atoms with E-state index in [0.717, 1.165) is 56.9 Å². The van der Waals surface area contributed by atoms with Gasteiger partial charge in [0.05, 0.1) is 0 Å². The van der Waals surface area contributed by atoms with Crippen molar-refractivity contribution in [1.82, 2.24) is 10.6 Å². The molecule has 1 aromatic rings. The summed E-state index contributed by atoms with van der Waals surface area (Å²) in [6.07, 6.45) is 9.84. The van der Waals surface area contributed by atoms with Crippen LogP contribution in [-0.2, 0) is 12.8 Å². The summed E-state index contributed by atoms with van der Waals surface area (Å²) < 4.78 is 5.84. The number of carbonyl (C=O) groups is 2. The average molecular weight is 475 g/mol. The van der Waals surface area contributed by atoms with Crippen LogP contribution >= 0.6 is 0 Å². The van der Waals surface area contributed by atoms with Crippen LogP contribution in [0.1, 0.15) is 104 Å². The smallest absolute Gasteiger partial charge is 0.412 e. The molecule has 2 atom stereocenters. The summed E-state index contributed by atoms with van der Waals surface area (Å²) >= 11 is 0. The normalized spacial score (nSPS) is 21.6. The van der Waals surface area contributed by atoms with Crippen LogP contribution in [0.5, 0.6) is 5.75 Å². The van der Waals surface area contributed by atoms with Crippen molar-refractivity contribution in [2.45, 2.75) is 111 Å². The molecule has 2 rings (SSSR count). The second kappa shape index (κ2) is 13.0. The van der Waals surface area contributed by atoms with Gasteiger partial charge in [-0.3, -0.25) is 0 Å². The number of rotatable bonds is 12. The highest BCUT2D eigenvalue weighted by Crippen LogP contribution is 2.45. The molecule has 0 saturated heterocycles. The monoisotopic (exact) mass is 474 g/mol. The molecular formula is C28H46N2O4. The Hall–Kier alpha value is -2.24. The maximum absolute atomic E-state index is 12.8. The minimum absolute atomic E-state index is 0.00896. The molecule has 2 amide bonds. The van der Waals surface area contributed by atoms with E-state index in [1.165, 1.54) is 18.4 Å². The highest BCUT2D eigenvalue weighted by Gasteiger charge is 2.42. The lowest BCUT2D eigenvalue weighted by Crippen LogP contribution is -2.50. The fourth-order valence-corrected chi connectivity index (χ4v) is 5.81. The number of benzene rings is 1. The van der Waals surface area contributed by atoms with Crippen molar-refractivity contribution in [1.29, 1.82) is 0 Å². The van der Waals surface area contributed by atoms with Gasteiger partial charge in [0.25, 0.3) is 0 Å². The number of aryl methyl sites for hydroxylation is 1. The van der Waals surface area contributed by atoms with E-state index in [-0.39, 0.29) is 16.9 Å². The van der Waals surface area contributed by atoms with E-state index in [4.69, 9.17) is 4.74 Å². The zero-order valence-corrected chi connectivity index (χ0v) is 22.0. The summed E-state index contributed by atoms with van der Waals surface area (Å²) in [5.74, 6) is 0.669. The summed E-state index contributed by atoms with van der Waals surface area (Å²) in [6.45, 7) is 11.3. The summed E-state index contributed by atoms with van der Waals surface area (Å²) in [5, 5.41) is 14.8. The Morgan fingerprint density at radius 3 is 2.35 bits per heavy atom. The fraction of sp³-hybridized carbons (Fsp3) is 0.714. The first-order valence-electron chi connectivity index (χ1n) is 13.1. The van der Waals surface area contributed by atoms with Gasteiger partial charge in [-0.05, 0) is 73.0 Å². The third-order valence-electron chi connectivity index (χ3n) is 6.94. The molecular weight excluding hydrogens is 428 g/mol. The highest BCUT2D eigenvalue weighted by atomic mass is 16.6. The van der Waals surface area contributed by atoms with Gasteiger partial charge in [-0.25, -0.2) is 9.59 Å². The van der Waals surface area contributed by atoms with E-state index in [1.807, 2.05) is 12.1 Å². The SMILES string of the molecule is CCCCCc1cccc(OC(=O)NCC2(C)CC(NC(=O)O)CC(C)(C)C2)c1CCCCC. The predicted octanol–water partition coefficient (Wildman–Crippen LogP) is 7.09. The molecule has 1 aliphatic rings. The van der Waals surface area contributed by atoms with E-state index in [2.05, 4.69) is 51.3 Å². The van der Waals surface area contributed by atoms with Gasteiger partial charge < -0.3 is 20.5 Å². The Labute approximate surface area is 206 Å². The number of hydrogen-bond acceptors (Lipinski definition) is 3. The number of nitrogens with one attached hydrogen (secondary N) is 2. The predicted molar refractivity (Wildman–Crippen MR) is 138 cm³/mol. The first kappa shape index (κ1) is 28.0. The van der Waals surface area contributed by atoms with Crippen molar-refractivity contribution in [2.75, 3.05) is 6.54 Å². The maximum Gasteiger partial charge on any atom is 0.412 e. The topological polar surface area (TPSA) is 87.7 Å². The lowest BCUT2D eigenvalue weighted by molar-refractivity contribution is 0.0695. The van der Waals surface area contributed by atoms with Crippen molar-refractivity contribution in [3.63, 3.8) is 0 Å². The van der Waals surface area contributed by atoms with E-state index in [0.29, 0.717) is 18.7 Å². The van der Waals surface area contributed by atoms with E-state index < -0.39 is 12.2 Å². The van der Waals surface area contributed by atoms with Crippen molar-refractivity contribution < 1.29 is 19.4 Å². The fourth-order valence-electron chi connectivity index (χ4n) is 5.81. The summed E-state index contributed by atoms with van der Waals surface area (Å²) in [7, 11) is 0. The molecule has 34 heavy (non-hydrogen) atoms. The first-order valence-corrected chi connectivity index (χ1v) is 13.1. The van der Waals surface area contributed by atoms with Crippen LogP contribution in [0.15, 0.2) is 18.2 Å². The minimum atomic E-state index is -0.994. The molecule has 2 unspecified atom stereocenters. The molecule has 0 heterocycles. The second-order valence-electron chi connectivity index (χ2n) is 11.3. The summed E-state index contributed by atoms with van der Waals surface area (Å²) in [5.41, 5.74) is 2.24. The Bertz CT molecular complexity index is 808. The van der Waals surface area contributed by atoms with Gasteiger partial charge in [-0.15, -0.1) is 0 Å². The third kappa shape index (κ3) is 9.19. The molecule has 1 aromatic carbocycles.